The van der Waals surface area contributed by atoms with Crippen molar-refractivity contribution in [1.29, 1.82) is 0 Å². The van der Waals surface area contributed by atoms with E-state index in [1.54, 1.807) is 6.20 Å². The molecule has 0 spiro atoms. The molecule has 20 heavy (non-hydrogen) atoms. The Morgan fingerprint density at radius 1 is 1.20 bits per heavy atom. The molecule has 2 N–H and O–H groups in total. The molecule has 0 fully saturated rings. The molecule has 1 aromatic heterocycles. The fourth-order valence-electron chi connectivity index (χ4n) is 1.62. The fraction of sp³-hybridized carbons (Fsp3) is 0.643. The zero-order chi connectivity index (χ0) is 14.8. The number of nitrogens with zero attached hydrogens (tertiary/aromatic N) is 3. The van der Waals surface area contributed by atoms with Crippen molar-refractivity contribution in [3.63, 3.8) is 0 Å². The minimum atomic E-state index is -0.170. The van der Waals surface area contributed by atoms with Crippen molar-refractivity contribution in [1.82, 2.24) is 20.2 Å². The quantitative estimate of drug-likeness (QED) is 0.668. The van der Waals surface area contributed by atoms with Gasteiger partial charge in [-0.3, -0.25) is 4.79 Å². The standard InChI is InChI=1S/C14H25N5O/c1-4-5-7-15-13-11-17-12(10-18-13)14(20)16-8-6-9-19(2)3/h10-11H,4-9H2,1-3H3,(H,15,18)(H,16,20). The van der Waals surface area contributed by atoms with Gasteiger partial charge in [-0.2, -0.15) is 0 Å². The number of rotatable bonds is 9. The van der Waals surface area contributed by atoms with Crippen LogP contribution in [0.2, 0.25) is 0 Å². The first kappa shape index (κ1) is 16.4. The number of carbonyl (C=O) groups excluding carboxylic acids is 1. The number of unbranched alkanes of at least 4 members (excludes halogenated alkanes) is 1. The number of hydrogen-bond acceptors (Lipinski definition) is 5. The van der Waals surface area contributed by atoms with Crippen molar-refractivity contribution in [2.75, 3.05) is 39.0 Å². The number of anilines is 1. The van der Waals surface area contributed by atoms with Gasteiger partial charge in [0.1, 0.15) is 11.5 Å². The Kier molecular flexibility index (Phi) is 7.57. The van der Waals surface area contributed by atoms with Crippen LogP contribution in [0.3, 0.4) is 0 Å². The molecule has 1 rings (SSSR count). The number of carbonyl (C=O) groups is 1. The van der Waals surface area contributed by atoms with E-state index >= 15 is 0 Å². The van der Waals surface area contributed by atoms with E-state index in [0.29, 0.717) is 18.1 Å². The third-order valence-electron chi connectivity index (χ3n) is 2.79. The summed E-state index contributed by atoms with van der Waals surface area (Å²) in [6, 6.07) is 0. The molecule has 1 aromatic rings. The van der Waals surface area contributed by atoms with Crippen LogP contribution in [-0.4, -0.2) is 54.5 Å². The second-order valence-corrected chi connectivity index (χ2v) is 4.98. The first-order valence-electron chi connectivity index (χ1n) is 7.12. The molecule has 6 heteroatoms. The molecule has 1 amide bonds. The van der Waals surface area contributed by atoms with Gasteiger partial charge in [0.15, 0.2) is 0 Å². The van der Waals surface area contributed by atoms with Gasteiger partial charge in [-0.05, 0) is 33.5 Å². The SMILES string of the molecule is CCCCNc1cnc(C(=O)NCCCN(C)C)cn1. The van der Waals surface area contributed by atoms with Crippen LogP contribution in [0.1, 0.15) is 36.7 Å². The second-order valence-electron chi connectivity index (χ2n) is 4.98. The van der Waals surface area contributed by atoms with Crippen molar-refractivity contribution in [2.24, 2.45) is 0 Å². The third-order valence-corrected chi connectivity index (χ3v) is 2.79. The Bertz CT molecular complexity index is 391. The number of hydrogen-bond donors (Lipinski definition) is 2. The smallest absolute Gasteiger partial charge is 0.271 e. The fourth-order valence-corrected chi connectivity index (χ4v) is 1.62. The molecule has 0 saturated heterocycles. The van der Waals surface area contributed by atoms with Gasteiger partial charge in [0, 0.05) is 13.1 Å². The van der Waals surface area contributed by atoms with E-state index in [1.165, 1.54) is 6.20 Å². The van der Waals surface area contributed by atoms with Crippen molar-refractivity contribution in [3.8, 4) is 0 Å². The van der Waals surface area contributed by atoms with Crippen molar-refractivity contribution in [3.05, 3.63) is 18.1 Å². The highest BCUT2D eigenvalue weighted by atomic mass is 16.1. The van der Waals surface area contributed by atoms with E-state index in [1.807, 2.05) is 14.1 Å². The molecule has 0 aliphatic heterocycles. The lowest BCUT2D eigenvalue weighted by Crippen LogP contribution is -2.27. The van der Waals surface area contributed by atoms with E-state index < -0.39 is 0 Å². The molecule has 0 radical (unpaired) electrons. The molecule has 0 saturated carbocycles. The molecule has 0 aliphatic rings. The van der Waals surface area contributed by atoms with Gasteiger partial charge in [0.05, 0.1) is 12.4 Å². The first-order chi connectivity index (χ1) is 9.63. The molecule has 1 heterocycles. The predicted octanol–water partition coefficient (Wildman–Crippen LogP) is 1.37. The number of amides is 1. The van der Waals surface area contributed by atoms with Gasteiger partial charge >= 0.3 is 0 Å². The molecule has 0 atom stereocenters. The summed E-state index contributed by atoms with van der Waals surface area (Å²) in [5.41, 5.74) is 0.357. The molecular formula is C14H25N5O. The zero-order valence-corrected chi connectivity index (χ0v) is 12.6. The highest BCUT2D eigenvalue weighted by molar-refractivity contribution is 5.91. The summed E-state index contributed by atoms with van der Waals surface area (Å²) >= 11 is 0. The highest BCUT2D eigenvalue weighted by Gasteiger charge is 2.07. The van der Waals surface area contributed by atoms with E-state index in [9.17, 15) is 4.79 Å². The average Bonchev–Trinajstić information content (AvgIpc) is 2.44. The van der Waals surface area contributed by atoms with Gasteiger partial charge in [-0.25, -0.2) is 9.97 Å². The maximum absolute atomic E-state index is 11.8. The van der Waals surface area contributed by atoms with E-state index in [2.05, 4.69) is 32.4 Å². The lowest BCUT2D eigenvalue weighted by Gasteiger charge is -2.09. The Balaban J connectivity index is 2.33. The largest absolute Gasteiger partial charge is 0.369 e. The van der Waals surface area contributed by atoms with E-state index in [4.69, 9.17) is 0 Å². The summed E-state index contributed by atoms with van der Waals surface area (Å²) in [7, 11) is 4.02. The maximum Gasteiger partial charge on any atom is 0.271 e. The summed E-state index contributed by atoms with van der Waals surface area (Å²) in [6.45, 7) is 4.61. The summed E-state index contributed by atoms with van der Waals surface area (Å²) in [5.74, 6) is 0.541. The van der Waals surface area contributed by atoms with Crippen LogP contribution >= 0.6 is 0 Å². The first-order valence-corrected chi connectivity index (χ1v) is 7.12. The zero-order valence-electron chi connectivity index (χ0n) is 12.6. The molecule has 0 aliphatic carbocycles. The van der Waals surface area contributed by atoms with E-state index in [-0.39, 0.29) is 5.91 Å². The summed E-state index contributed by atoms with van der Waals surface area (Å²) in [6.07, 6.45) is 6.26. The predicted molar refractivity (Wildman–Crippen MR) is 80.9 cm³/mol. The van der Waals surface area contributed by atoms with Gasteiger partial charge in [-0.1, -0.05) is 13.3 Å². The minimum Gasteiger partial charge on any atom is -0.369 e. The summed E-state index contributed by atoms with van der Waals surface area (Å²) < 4.78 is 0. The lowest BCUT2D eigenvalue weighted by molar-refractivity contribution is 0.0947. The molecule has 112 valence electrons. The van der Waals surface area contributed by atoms with Gasteiger partial charge < -0.3 is 15.5 Å². The number of nitrogens with one attached hydrogen (secondary N) is 2. The molecule has 0 aromatic carbocycles. The summed E-state index contributed by atoms with van der Waals surface area (Å²) in [4.78, 5) is 22.2. The average molecular weight is 279 g/mol. The molecule has 6 nitrogen and oxygen atoms in total. The monoisotopic (exact) mass is 279 g/mol. The van der Waals surface area contributed by atoms with Crippen molar-refractivity contribution < 1.29 is 4.79 Å². The van der Waals surface area contributed by atoms with Crippen molar-refractivity contribution >= 4 is 11.7 Å². The Morgan fingerprint density at radius 3 is 2.60 bits per heavy atom. The second kappa shape index (κ2) is 9.25. The van der Waals surface area contributed by atoms with Crippen LogP contribution in [0, 0.1) is 0 Å². The van der Waals surface area contributed by atoms with Crippen LogP contribution in [0.25, 0.3) is 0 Å². The van der Waals surface area contributed by atoms with Gasteiger partial charge in [-0.15, -0.1) is 0 Å². The molecular weight excluding hydrogens is 254 g/mol. The minimum absolute atomic E-state index is 0.170. The van der Waals surface area contributed by atoms with E-state index in [0.717, 1.165) is 32.4 Å². The summed E-state index contributed by atoms with van der Waals surface area (Å²) in [5, 5.41) is 6.00. The lowest BCUT2D eigenvalue weighted by atomic mass is 10.3. The van der Waals surface area contributed by atoms with Crippen LogP contribution in [0.4, 0.5) is 5.82 Å². The Morgan fingerprint density at radius 2 is 2.00 bits per heavy atom. The third kappa shape index (κ3) is 6.47. The van der Waals surface area contributed by atoms with Gasteiger partial charge in [0.2, 0.25) is 0 Å². The molecule has 0 bridgehead atoms. The number of aromatic nitrogens is 2. The Hall–Kier alpha value is -1.69. The Labute approximate surface area is 121 Å². The van der Waals surface area contributed by atoms with Crippen LogP contribution < -0.4 is 10.6 Å². The maximum atomic E-state index is 11.8. The molecule has 0 unspecified atom stereocenters. The van der Waals surface area contributed by atoms with Crippen LogP contribution in [0.15, 0.2) is 12.4 Å². The normalized spacial score (nSPS) is 10.6. The van der Waals surface area contributed by atoms with Crippen LogP contribution in [-0.2, 0) is 0 Å². The van der Waals surface area contributed by atoms with Gasteiger partial charge in [0.25, 0.3) is 5.91 Å². The van der Waals surface area contributed by atoms with Crippen LogP contribution in [0.5, 0.6) is 0 Å². The highest BCUT2D eigenvalue weighted by Crippen LogP contribution is 2.01. The van der Waals surface area contributed by atoms with Crippen molar-refractivity contribution in [2.45, 2.75) is 26.2 Å². The topological polar surface area (TPSA) is 70.2 Å².